The first-order valence-corrected chi connectivity index (χ1v) is 12.0. The van der Waals surface area contributed by atoms with E-state index in [0.717, 1.165) is 10.6 Å². The summed E-state index contributed by atoms with van der Waals surface area (Å²) >= 11 is 5.23. The van der Waals surface area contributed by atoms with E-state index in [1.165, 1.54) is 20.3 Å². The summed E-state index contributed by atoms with van der Waals surface area (Å²) < 4.78 is 79.2. The van der Waals surface area contributed by atoms with Gasteiger partial charge in [0.2, 0.25) is 5.82 Å². The topological polar surface area (TPSA) is 66.1 Å². The number of methoxy groups -OCH3 is 2. The Morgan fingerprint density at radius 2 is 1.31 bits per heavy atom. The summed E-state index contributed by atoms with van der Waals surface area (Å²) in [4.78, 5) is 15.6. The van der Waals surface area contributed by atoms with Crippen molar-refractivity contribution >= 4 is 40.3 Å². The summed E-state index contributed by atoms with van der Waals surface area (Å²) in [6, 6.07) is 11.7. The Kier molecular flexibility index (Phi) is 8.38. The Morgan fingerprint density at radius 1 is 0.769 bits per heavy atom. The van der Waals surface area contributed by atoms with Crippen LogP contribution >= 0.6 is 12.2 Å². The molecule has 0 radical (unpaired) electrons. The number of carbonyl (C=O) groups excluding carboxylic acids is 1. The van der Waals surface area contributed by atoms with Crippen LogP contribution in [0, 0.1) is 29.1 Å². The highest BCUT2D eigenvalue weighted by molar-refractivity contribution is 7.80. The first kappa shape index (κ1) is 27.9. The van der Waals surface area contributed by atoms with Crippen molar-refractivity contribution in [3.63, 3.8) is 0 Å². The molecular formula is C26H23F5N4O3S. The number of anilines is 3. The number of carbonyl (C=O) groups is 1. The molecule has 0 atom stereocenters. The molecule has 3 aromatic rings. The van der Waals surface area contributed by atoms with Gasteiger partial charge in [-0.2, -0.15) is 0 Å². The molecule has 4 rings (SSSR count). The molecule has 39 heavy (non-hydrogen) atoms. The van der Waals surface area contributed by atoms with Crippen LogP contribution in [0.3, 0.4) is 0 Å². The van der Waals surface area contributed by atoms with Gasteiger partial charge in [0.1, 0.15) is 5.69 Å². The fourth-order valence-electron chi connectivity index (χ4n) is 4.13. The highest BCUT2D eigenvalue weighted by atomic mass is 32.1. The number of halogens is 5. The molecule has 0 aliphatic carbocycles. The van der Waals surface area contributed by atoms with Crippen molar-refractivity contribution in [2.45, 2.75) is 0 Å². The molecular weight excluding hydrogens is 543 g/mol. The third kappa shape index (κ3) is 5.82. The smallest absolute Gasteiger partial charge is 0.257 e. The van der Waals surface area contributed by atoms with Crippen LogP contribution in [0.5, 0.6) is 11.5 Å². The minimum Gasteiger partial charge on any atom is -0.493 e. The Labute approximate surface area is 226 Å². The van der Waals surface area contributed by atoms with Crippen molar-refractivity contribution < 1.29 is 36.2 Å². The Balaban J connectivity index is 1.34. The molecule has 13 heteroatoms. The number of hydrogen-bond donors (Lipinski definition) is 2. The second kappa shape index (κ2) is 11.7. The van der Waals surface area contributed by atoms with E-state index in [4.69, 9.17) is 21.7 Å². The van der Waals surface area contributed by atoms with Crippen molar-refractivity contribution in [2.24, 2.45) is 0 Å². The van der Waals surface area contributed by atoms with Gasteiger partial charge in [-0.1, -0.05) is 0 Å². The van der Waals surface area contributed by atoms with Gasteiger partial charge in [-0.25, -0.2) is 22.0 Å². The van der Waals surface area contributed by atoms with E-state index in [9.17, 15) is 26.7 Å². The zero-order valence-electron chi connectivity index (χ0n) is 20.8. The van der Waals surface area contributed by atoms with Crippen molar-refractivity contribution in [3.8, 4) is 11.5 Å². The summed E-state index contributed by atoms with van der Waals surface area (Å²) in [6.45, 7) is 0.660. The van der Waals surface area contributed by atoms with Crippen LogP contribution in [0.4, 0.5) is 39.0 Å². The van der Waals surface area contributed by atoms with Crippen LogP contribution in [-0.4, -0.2) is 51.4 Å². The van der Waals surface area contributed by atoms with Gasteiger partial charge in [-0.15, -0.1) is 0 Å². The predicted octanol–water partition coefficient (Wildman–Crippen LogP) is 4.85. The average molecular weight is 567 g/mol. The third-order valence-corrected chi connectivity index (χ3v) is 6.35. The largest absolute Gasteiger partial charge is 0.493 e. The van der Waals surface area contributed by atoms with Crippen molar-refractivity contribution in [1.29, 1.82) is 0 Å². The molecule has 1 aliphatic rings. The summed E-state index contributed by atoms with van der Waals surface area (Å²) in [5, 5.41) is 5.56. The lowest BCUT2D eigenvalue weighted by molar-refractivity contribution is 0.0977. The second-order valence-electron chi connectivity index (χ2n) is 8.42. The van der Waals surface area contributed by atoms with Crippen LogP contribution in [0.1, 0.15) is 10.4 Å². The van der Waals surface area contributed by atoms with Gasteiger partial charge >= 0.3 is 0 Å². The van der Waals surface area contributed by atoms with Crippen LogP contribution in [0.15, 0.2) is 42.5 Å². The number of nitrogens with zero attached hydrogens (tertiary/aromatic N) is 2. The molecule has 2 N–H and O–H groups in total. The first-order chi connectivity index (χ1) is 18.6. The summed E-state index contributed by atoms with van der Waals surface area (Å²) in [7, 11) is 2.95. The van der Waals surface area contributed by atoms with Crippen LogP contribution in [0.25, 0.3) is 0 Å². The van der Waals surface area contributed by atoms with Gasteiger partial charge in [0.25, 0.3) is 5.91 Å². The predicted molar refractivity (Wildman–Crippen MR) is 140 cm³/mol. The van der Waals surface area contributed by atoms with E-state index in [1.807, 2.05) is 4.90 Å². The Morgan fingerprint density at radius 3 is 1.87 bits per heavy atom. The minimum absolute atomic E-state index is 0.0462. The molecule has 0 saturated carbocycles. The molecule has 0 aromatic heterocycles. The molecule has 0 spiro atoms. The number of ether oxygens (including phenoxy) is 2. The number of nitrogens with one attached hydrogen (secondary N) is 2. The summed E-state index contributed by atoms with van der Waals surface area (Å²) in [6.07, 6.45) is 0. The zero-order valence-corrected chi connectivity index (χ0v) is 21.6. The summed E-state index contributed by atoms with van der Waals surface area (Å²) in [5.74, 6) is -9.37. The lowest BCUT2D eigenvalue weighted by Gasteiger charge is -2.37. The van der Waals surface area contributed by atoms with Crippen molar-refractivity contribution in [2.75, 3.05) is 55.5 Å². The lowest BCUT2D eigenvalue weighted by Crippen LogP contribution is -2.47. The fraction of sp³-hybridized carbons (Fsp3) is 0.231. The fourth-order valence-corrected chi connectivity index (χ4v) is 4.34. The average Bonchev–Trinajstić information content (AvgIpc) is 2.95. The number of amides is 1. The van der Waals surface area contributed by atoms with E-state index in [1.54, 1.807) is 36.4 Å². The number of rotatable bonds is 6. The molecule has 1 heterocycles. The van der Waals surface area contributed by atoms with E-state index >= 15 is 0 Å². The molecule has 206 valence electrons. The van der Waals surface area contributed by atoms with Crippen LogP contribution in [0.2, 0.25) is 0 Å². The van der Waals surface area contributed by atoms with Crippen molar-refractivity contribution in [3.05, 3.63) is 77.1 Å². The molecule has 0 unspecified atom stereocenters. The Hall–Kier alpha value is -4.13. The van der Waals surface area contributed by atoms with E-state index in [-0.39, 0.29) is 31.3 Å². The van der Waals surface area contributed by atoms with E-state index < -0.39 is 40.7 Å². The monoisotopic (exact) mass is 566 g/mol. The maximum absolute atomic E-state index is 14.2. The quantitative estimate of drug-likeness (QED) is 0.191. The SMILES string of the molecule is COc1ccc(C(=O)NC(=S)Nc2ccc(N3CCN(c4c(F)c(F)c(F)c(F)c4F)CC3)cc2)cc1OC. The number of piperazine rings is 1. The highest BCUT2D eigenvalue weighted by Crippen LogP contribution is 2.32. The molecule has 1 aliphatic heterocycles. The number of thiocarbonyl (C=S) groups is 1. The third-order valence-electron chi connectivity index (χ3n) is 6.15. The molecule has 1 amide bonds. The lowest BCUT2D eigenvalue weighted by atomic mass is 10.2. The maximum atomic E-state index is 14.2. The molecule has 3 aromatic carbocycles. The molecule has 1 saturated heterocycles. The summed E-state index contributed by atoms with van der Waals surface area (Å²) in [5.41, 5.74) is 0.765. The standard InChI is InChI=1S/C26H23F5N4O3S/c1-37-17-8-3-14(13-18(17)38-2)25(36)33-26(39)32-15-4-6-16(7-5-15)34-9-11-35(12-10-34)24-22(30)20(28)19(27)21(29)23(24)31/h3-8,13H,9-12H2,1-2H3,(H2,32,33,36,39). The van der Waals surface area contributed by atoms with Gasteiger partial charge in [0, 0.05) is 43.1 Å². The normalized spacial score (nSPS) is 13.2. The first-order valence-electron chi connectivity index (χ1n) is 11.6. The highest BCUT2D eigenvalue weighted by Gasteiger charge is 2.30. The van der Waals surface area contributed by atoms with Crippen molar-refractivity contribution in [1.82, 2.24) is 5.32 Å². The van der Waals surface area contributed by atoms with Gasteiger partial charge in [0.05, 0.1) is 14.2 Å². The maximum Gasteiger partial charge on any atom is 0.257 e. The van der Waals surface area contributed by atoms with E-state index in [0.29, 0.717) is 22.7 Å². The minimum atomic E-state index is -2.18. The van der Waals surface area contributed by atoms with Gasteiger partial charge in [0.15, 0.2) is 39.9 Å². The van der Waals surface area contributed by atoms with Gasteiger partial charge in [-0.3, -0.25) is 10.1 Å². The Bertz CT molecular complexity index is 1370. The molecule has 1 fully saturated rings. The molecule has 0 bridgehead atoms. The zero-order chi connectivity index (χ0) is 28.3. The van der Waals surface area contributed by atoms with Gasteiger partial charge < -0.3 is 24.6 Å². The second-order valence-corrected chi connectivity index (χ2v) is 8.83. The van der Waals surface area contributed by atoms with E-state index in [2.05, 4.69) is 10.6 Å². The number of benzene rings is 3. The van der Waals surface area contributed by atoms with Crippen LogP contribution < -0.4 is 29.9 Å². The van der Waals surface area contributed by atoms with Crippen LogP contribution in [-0.2, 0) is 0 Å². The molecule has 7 nitrogen and oxygen atoms in total. The van der Waals surface area contributed by atoms with Gasteiger partial charge in [-0.05, 0) is 54.7 Å². The number of hydrogen-bond acceptors (Lipinski definition) is 6.